The van der Waals surface area contributed by atoms with Gasteiger partial charge >= 0.3 is 0 Å². The van der Waals surface area contributed by atoms with E-state index < -0.39 is 5.91 Å². The van der Waals surface area contributed by atoms with Gasteiger partial charge in [-0.3, -0.25) is 9.59 Å². The Bertz CT molecular complexity index is 1080. The van der Waals surface area contributed by atoms with E-state index >= 15 is 0 Å². The van der Waals surface area contributed by atoms with Crippen LogP contribution in [0.25, 0.3) is 11.0 Å². The number of halogens is 1. The summed E-state index contributed by atoms with van der Waals surface area (Å²) >= 11 is 5.99. The van der Waals surface area contributed by atoms with Gasteiger partial charge < -0.3 is 15.4 Å². The summed E-state index contributed by atoms with van der Waals surface area (Å²) in [4.78, 5) is 28.2. The fourth-order valence-electron chi connectivity index (χ4n) is 2.89. The van der Waals surface area contributed by atoms with Gasteiger partial charge in [-0.1, -0.05) is 11.6 Å². The highest BCUT2D eigenvalue weighted by atomic mass is 35.5. The number of hydrogen-bond donors (Lipinski definition) is 2. The van der Waals surface area contributed by atoms with Crippen LogP contribution in [0.2, 0.25) is 5.02 Å². The number of amides is 2. The lowest BCUT2D eigenvalue weighted by molar-refractivity contribution is -0.118. The number of fused-ring (bicyclic) bond motifs is 1. The molecule has 8 nitrogen and oxygen atoms in total. The van der Waals surface area contributed by atoms with Crippen molar-refractivity contribution in [2.45, 2.75) is 20.8 Å². The molecule has 1 aromatic carbocycles. The minimum atomic E-state index is -0.412. The van der Waals surface area contributed by atoms with Crippen molar-refractivity contribution in [3.8, 4) is 5.88 Å². The van der Waals surface area contributed by atoms with Crippen LogP contribution in [0.1, 0.15) is 18.2 Å². The van der Waals surface area contributed by atoms with Crippen molar-refractivity contribution in [2.24, 2.45) is 7.05 Å². The van der Waals surface area contributed by atoms with Crippen LogP contribution < -0.4 is 15.4 Å². The molecule has 3 aromatic rings. The summed E-state index contributed by atoms with van der Waals surface area (Å²) < 4.78 is 7.26. The van der Waals surface area contributed by atoms with E-state index in [1.54, 1.807) is 29.9 Å². The number of nitrogens with one attached hydrogen (secondary N) is 2. The highest BCUT2D eigenvalue weighted by Gasteiger charge is 2.16. The Morgan fingerprint density at radius 3 is 2.64 bits per heavy atom. The first kappa shape index (κ1) is 19.6. The second-order valence-corrected chi connectivity index (χ2v) is 6.85. The van der Waals surface area contributed by atoms with Crippen molar-refractivity contribution in [1.82, 2.24) is 14.8 Å². The average molecular weight is 402 g/mol. The number of aryl methyl sites for hydroxylation is 3. The van der Waals surface area contributed by atoms with Crippen LogP contribution in [0.5, 0.6) is 5.88 Å². The SMILES string of the molecule is CC(=O)Nc1ccc(Cl)cc1NC(=O)COc1nn(C)c2nc(C)cc(C)c12. The molecule has 2 amide bonds. The summed E-state index contributed by atoms with van der Waals surface area (Å²) in [6.07, 6.45) is 0. The van der Waals surface area contributed by atoms with Crippen molar-refractivity contribution in [1.29, 1.82) is 0 Å². The van der Waals surface area contributed by atoms with Gasteiger partial charge in [-0.25, -0.2) is 9.67 Å². The van der Waals surface area contributed by atoms with Crippen LogP contribution in [0.3, 0.4) is 0 Å². The molecule has 0 saturated heterocycles. The smallest absolute Gasteiger partial charge is 0.262 e. The normalized spacial score (nSPS) is 10.8. The van der Waals surface area contributed by atoms with Crippen molar-refractivity contribution in [2.75, 3.05) is 17.2 Å². The predicted octanol–water partition coefficient (Wildman–Crippen LogP) is 3.21. The Morgan fingerprint density at radius 1 is 1.18 bits per heavy atom. The molecule has 3 rings (SSSR count). The van der Waals surface area contributed by atoms with E-state index in [0.717, 1.165) is 16.6 Å². The van der Waals surface area contributed by atoms with Crippen LogP contribution in [0, 0.1) is 13.8 Å². The van der Waals surface area contributed by atoms with E-state index in [0.29, 0.717) is 27.9 Å². The zero-order valence-corrected chi connectivity index (χ0v) is 16.7. The number of carbonyl (C=O) groups is 2. The molecular weight excluding hydrogens is 382 g/mol. The minimum absolute atomic E-state index is 0.257. The zero-order chi connectivity index (χ0) is 20.4. The molecule has 0 spiro atoms. The summed E-state index contributed by atoms with van der Waals surface area (Å²) in [5, 5.41) is 10.8. The number of benzene rings is 1. The molecule has 0 radical (unpaired) electrons. The molecule has 0 aliphatic heterocycles. The lowest BCUT2D eigenvalue weighted by atomic mass is 10.2. The van der Waals surface area contributed by atoms with E-state index in [1.165, 1.54) is 6.92 Å². The molecule has 0 bridgehead atoms. The summed E-state index contributed by atoms with van der Waals surface area (Å²) in [5.74, 6) is -0.330. The number of rotatable bonds is 5. The van der Waals surface area contributed by atoms with E-state index in [4.69, 9.17) is 16.3 Å². The Kier molecular flexibility index (Phi) is 5.51. The monoisotopic (exact) mass is 401 g/mol. The standard InChI is InChI=1S/C19H20ClN5O3/c1-10-7-11(2)21-18-17(10)19(24-25(18)4)28-9-16(27)23-15-8-13(20)5-6-14(15)22-12(3)26/h5-8H,9H2,1-4H3,(H,22,26)(H,23,27). The second-order valence-electron chi connectivity index (χ2n) is 6.42. The quantitative estimate of drug-likeness (QED) is 0.684. The van der Waals surface area contributed by atoms with Crippen molar-refractivity contribution >= 4 is 45.8 Å². The van der Waals surface area contributed by atoms with E-state index in [1.807, 2.05) is 19.9 Å². The largest absolute Gasteiger partial charge is 0.466 e. The van der Waals surface area contributed by atoms with Crippen molar-refractivity contribution in [3.63, 3.8) is 0 Å². The molecule has 9 heteroatoms. The molecular formula is C19H20ClN5O3. The molecule has 0 saturated carbocycles. The molecule has 28 heavy (non-hydrogen) atoms. The Morgan fingerprint density at radius 2 is 1.93 bits per heavy atom. The molecule has 0 aliphatic rings. The van der Waals surface area contributed by atoms with Crippen LogP contribution >= 0.6 is 11.6 Å². The first-order valence-electron chi connectivity index (χ1n) is 8.55. The van der Waals surface area contributed by atoms with Gasteiger partial charge in [0.15, 0.2) is 12.3 Å². The second kappa shape index (κ2) is 7.85. The van der Waals surface area contributed by atoms with Gasteiger partial charge in [-0.05, 0) is 43.7 Å². The summed E-state index contributed by atoms with van der Waals surface area (Å²) in [6, 6.07) is 6.72. The lowest BCUT2D eigenvalue weighted by Crippen LogP contribution is -2.21. The number of nitrogens with zero attached hydrogens (tertiary/aromatic N) is 3. The minimum Gasteiger partial charge on any atom is -0.466 e. The van der Waals surface area contributed by atoms with Gasteiger partial charge in [0.05, 0.1) is 16.8 Å². The molecule has 2 N–H and O–H groups in total. The van der Waals surface area contributed by atoms with Crippen LogP contribution in [0.15, 0.2) is 24.3 Å². The average Bonchev–Trinajstić information content (AvgIpc) is 2.91. The van der Waals surface area contributed by atoms with E-state index in [9.17, 15) is 9.59 Å². The highest BCUT2D eigenvalue weighted by Crippen LogP contribution is 2.28. The number of anilines is 2. The number of pyridine rings is 1. The highest BCUT2D eigenvalue weighted by molar-refractivity contribution is 6.31. The number of aromatic nitrogens is 3. The number of ether oxygens (including phenoxy) is 1. The van der Waals surface area contributed by atoms with Crippen LogP contribution in [0.4, 0.5) is 11.4 Å². The topological polar surface area (TPSA) is 98.1 Å². The predicted molar refractivity (Wildman–Crippen MR) is 108 cm³/mol. The zero-order valence-electron chi connectivity index (χ0n) is 16.0. The van der Waals surface area contributed by atoms with Gasteiger partial charge in [0, 0.05) is 24.7 Å². The van der Waals surface area contributed by atoms with Crippen LogP contribution in [-0.2, 0) is 16.6 Å². The van der Waals surface area contributed by atoms with Gasteiger partial charge in [-0.2, -0.15) is 0 Å². The van der Waals surface area contributed by atoms with E-state index in [-0.39, 0.29) is 12.5 Å². The molecule has 2 aromatic heterocycles. The maximum absolute atomic E-state index is 12.4. The summed E-state index contributed by atoms with van der Waals surface area (Å²) in [5.41, 5.74) is 3.37. The Labute approximate surface area is 166 Å². The van der Waals surface area contributed by atoms with Crippen LogP contribution in [-0.4, -0.2) is 33.2 Å². The third kappa shape index (κ3) is 4.23. The van der Waals surface area contributed by atoms with E-state index in [2.05, 4.69) is 20.7 Å². The maximum Gasteiger partial charge on any atom is 0.262 e. The molecule has 0 fully saturated rings. The van der Waals surface area contributed by atoms with Gasteiger partial charge in [0.2, 0.25) is 11.8 Å². The molecule has 0 unspecified atom stereocenters. The van der Waals surface area contributed by atoms with Gasteiger partial charge in [0.1, 0.15) is 0 Å². The molecule has 0 aliphatic carbocycles. The fourth-order valence-corrected chi connectivity index (χ4v) is 3.06. The fraction of sp³-hybridized carbons (Fsp3) is 0.263. The first-order chi connectivity index (χ1) is 13.2. The third-order valence-corrected chi connectivity index (χ3v) is 4.23. The molecule has 2 heterocycles. The number of carbonyl (C=O) groups excluding carboxylic acids is 2. The molecule has 0 atom stereocenters. The van der Waals surface area contributed by atoms with Gasteiger partial charge in [0.25, 0.3) is 5.91 Å². The Balaban J connectivity index is 1.76. The van der Waals surface area contributed by atoms with Crippen molar-refractivity contribution in [3.05, 3.63) is 40.5 Å². The first-order valence-corrected chi connectivity index (χ1v) is 8.93. The Hall–Kier alpha value is -3.13. The lowest BCUT2D eigenvalue weighted by Gasteiger charge is -2.12. The third-order valence-electron chi connectivity index (χ3n) is 3.99. The van der Waals surface area contributed by atoms with Crippen molar-refractivity contribution < 1.29 is 14.3 Å². The van der Waals surface area contributed by atoms with Gasteiger partial charge in [-0.15, -0.1) is 5.10 Å². The summed E-state index contributed by atoms with van der Waals surface area (Å²) in [6.45, 7) is 4.97. The number of hydrogen-bond acceptors (Lipinski definition) is 5. The summed E-state index contributed by atoms with van der Waals surface area (Å²) in [7, 11) is 1.77. The maximum atomic E-state index is 12.4. The molecule has 146 valence electrons.